The minimum absolute atomic E-state index is 0.0913. The van der Waals surface area contributed by atoms with E-state index in [4.69, 9.17) is 10.2 Å². The number of nitrogens with two attached hydrogens (primary N) is 1. The van der Waals surface area contributed by atoms with Gasteiger partial charge in [-0.05, 0) is 48.9 Å². The van der Waals surface area contributed by atoms with Crippen LogP contribution in [0.4, 0.5) is 0 Å². The molecule has 3 aliphatic rings. The van der Waals surface area contributed by atoms with Crippen LogP contribution in [0.1, 0.15) is 54.6 Å². The molecule has 2 aromatic rings. The smallest absolute Gasteiger partial charge is 0.226 e. The van der Waals surface area contributed by atoms with Crippen LogP contribution >= 0.6 is 0 Å². The van der Waals surface area contributed by atoms with Gasteiger partial charge in [0.2, 0.25) is 5.91 Å². The predicted octanol–water partition coefficient (Wildman–Crippen LogP) is 3.71. The third-order valence-electron chi connectivity index (χ3n) is 6.88. The molecule has 1 aliphatic heterocycles. The summed E-state index contributed by atoms with van der Waals surface area (Å²) < 4.78 is 6.09. The first-order valence-corrected chi connectivity index (χ1v) is 10.3. The van der Waals surface area contributed by atoms with Crippen molar-refractivity contribution in [2.45, 2.75) is 37.5 Å². The Hall–Kier alpha value is -2.07. The Morgan fingerprint density at radius 3 is 2.41 bits per heavy atom. The van der Waals surface area contributed by atoms with Gasteiger partial charge in [-0.1, -0.05) is 37.3 Å². The second-order valence-electron chi connectivity index (χ2n) is 8.76. The van der Waals surface area contributed by atoms with E-state index in [0.717, 1.165) is 36.9 Å². The number of hydrogen-bond acceptors (Lipinski definition) is 3. The summed E-state index contributed by atoms with van der Waals surface area (Å²) in [5.74, 6) is 4.82. The van der Waals surface area contributed by atoms with Crippen LogP contribution in [0.5, 0.6) is 0 Å². The first-order chi connectivity index (χ1) is 13.2. The largest absolute Gasteiger partial charge is 0.465 e. The van der Waals surface area contributed by atoms with Gasteiger partial charge in [-0.3, -0.25) is 4.79 Å². The van der Waals surface area contributed by atoms with Gasteiger partial charge in [-0.15, -0.1) is 0 Å². The highest BCUT2D eigenvalue weighted by atomic mass is 16.3. The second kappa shape index (κ2) is 6.52. The average molecular weight is 364 g/mol. The van der Waals surface area contributed by atoms with Gasteiger partial charge in [-0.25, -0.2) is 0 Å². The molecule has 2 aliphatic carbocycles. The first kappa shape index (κ1) is 17.1. The van der Waals surface area contributed by atoms with E-state index in [2.05, 4.69) is 43.3 Å². The molecule has 2 saturated carbocycles. The van der Waals surface area contributed by atoms with E-state index in [1.165, 1.54) is 12.0 Å². The maximum absolute atomic E-state index is 13.1. The number of hydrogen-bond donors (Lipinski definition) is 1. The van der Waals surface area contributed by atoms with Crippen LogP contribution in [-0.4, -0.2) is 30.4 Å². The molecule has 1 aromatic heterocycles. The summed E-state index contributed by atoms with van der Waals surface area (Å²) in [7, 11) is 0. The second-order valence-corrected chi connectivity index (χ2v) is 8.76. The number of benzene rings is 1. The van der Waals surface area contributed by atoms with Crippen molar-refractivity contribution in [1.29, 1.82) is 0 Å². The van der Waals surface area contributed by atoms with E-state index in [-0.39, 0.29) is 17.7 Å². The Morgan fingerprint density at radius 1 is 1.04 bits per heavy atom. The van der Waals surface area contributed by atoms with Gasteiger partial charge in [0.25, 0.3) is 0 Å². The Balaban J connectivity index is 1.25. The Labute approximate surface area is 160 Å². The number of carbonyl (C=O) groups is 1. The SMILES string of the molecule is CC1CC1c1ccc(C2CC2C(=O)N2C[C@@H](CN)[C@H](c3ccccc3)C2)o1. The monoisotopic (exact) mass is 364 g/mol. The summed E-state index contributed by atoms with van der Waals surface area (Å²) in [6.45, 7) is 4.46. The lowest BCUT2D eigenvalue weighted by Gasteiger charge is -2.17. The molecule has 2 heterocycles. The molecule has 6 atom stereocenters. The van der Waals surface area contributed by atoms with Gasteiger partial charge < -0.3 is 15.1 Å². The molecule has 4 unspecified atom stereocenters. The van der Waals surface area contributed by atoms with Crippen LogP contribution in [0.3, 0.4) is 0 Å². The van der Waals surface area contributed by atoms with Crippen LogP contribution in [0.15, 0.2) is 46.9 Å². The summed E-state index contributed by atoms with van der Waals surface area (Å²) >= 11 is 0. The number of carbonyl (C=O) groups excluding carboxylic acids is 1. The zero-order valence-electron chi connectivity index (χ0n) is 15.9. The van der Waals surface area contributed by atoms with Gasteiger partial charge in [0.15, 0.2) is 0 Å². The number of nitrogens with zero attached hydrogens (tertiary/aromatic N) is 1. The topological polar surface area (TPSA) is 59.5 Å². The van der Waals surface area contributed by atoms with Gasteiger partial charge in [0.05, 0.1) is 0 Å². The molecule has 5 rings (SSSR count). The maximum Gasteiger partial charge on any atom is 0.226 e. The molecule has 4 heteroatoms. The molecule has 1 aromatic carbocycles. The quantitative estimate of drug-likeness (QED) is 0.880. The predicted molar refractivity (Wildman–Crippen MR) is 104 cm³/mol. The fourth-order valence-corrected chi connectivity index (χ4v) is 4.87. The van der Waals surface area contributed by atoms with Crippen molar-refractivity contribution >= 4 is 5.91 Å². The summed E-state index contributed by atoms with van der Waals surface area (Å²) in [6.07, 6.45) is 2.15. The minimum atomic E-state index is 0.0913. The zero-order valence-corrected chi connectivity index (χ0v) is 15.9. The number of likely N-dealkylation sites (tertiary alicyclic amines) is 1. The van der Waals surface area contributed by atoms with E-state index < -0.39 is 0 Å². The summed E-state index contributed by atoms with van der Waals surface area (Å²) in [5.41, 5.74) is 7.33. The molecule has 1 amide bonds. The number of amides is 1. The Bertz CT molecular complexity index is 830. The van der Waals surface area contributed by atoms with Gasteiger partial charge >= 0.3 is 0 Å². The minimum Gasteiger partial charge on any atom is -0.465 e. The first-order valence-electron chi connectivity index (χ1n) is 10.3. The van der Waals surface area contributed by atoms with Crippen molar-refractivity contribution in [3.63, 3.8) is 0 Å². The van der Waals surface area contributed by atoms with E-state index >= 15 is 0 Å². The normalized spacial score (nSPS) is 34.7. The van der Waals surface area contributed by atoms with Crippen LogP contribution in [-0.2, 0) is 4.79 Å². The standard InChI is InChI=1S/C23H28N2O2/c1-14-9-17(14)21-7-8-22(27-21)18-10-19(18)23(26)25-12-16(11-24)20(13-25)15-5-3-2-4-6-15/h2-8,14,16-20H,9-13,24H2,1H3/t14?,16-,17?,18?,19?,20+/m1/s1. The van der Waals surface area contributed by atoms with Crippen molar-refractivity contribution in [3.05, 3.63) is 59.5 Å². The van der Waals surface area contributed by atoms with E-state index in [0.29, 0.717) is 24.3 Å². The highest BCUT2D eigenvalue weighted by molar-refractivity contribution is 5.83. The van der Waals surface area contributed by atoms with Crippen molar-refractivity contribution in [2.24, 2.45) is 23.5 Å². The molecule has 3 fully saturated rings. The van der Waals surface area contributed by atoms with E-state index in [9.17, 15) is 4.79 Å². The third kappa shape index (κ3) is 3.10. The molecule has 0 spiro atoms. The molecule has 4 nitrogen and oxygen atoms in total. The van der Waals surface area contributed by atoms with E-state index in [1.54, 1.807) is 0 Å². The summed E-state index contributed by atoms with van der Waals surface area (Å²) in [6, 6.07) is 14.7. The highest BCUT2D eigenvalue weighted by Gasteiger charge is 2.50. The summed E-state index contributed by atoms with van der Waals surface area (Å²) in [5, 5.41) is 0. The van der Waals surface area contributed by atoms with Gasteiger partial charge in [0, 0.05) is 36.8 Å². The lowest BCUT2D eigenvalue weighted by Crippen LogP contribution is -2.31. The average Bonchev–Trinajstić information content (AvgIpc) is 3.53. The maximum atomic E-state index is 13.1. The van der Waals surface area contributed by atoms with E-state index in [1.807, 2.05) is 11.0 Å². The van der Waals surface area contributed by atoms with Gasteiger partial charge in [0.1, 0.15) is 11.5 Å². The lowest BCUT2D eigenvalue weighted by atomic mass is 9.89. The third-order valence-corrected chi connectivity index (χ3v) is 6.88. The van der Waals surface area contributed by atoms with Crippen molar-refractivity contribution < 1.29 is 9.21 Å². The van der Waals surface area contributed by atoms with Crippen LogP contribution in [0.25, 0.3) is 0 Å². The number of furan rings is 1. The fraction of sp³-hybridized carbons (Fsp3) is 0.522. The Kier molecular flexibility index (Phi) is 4.12. The van der Waals surface area contributed by atoms with Crippen LogP contribution in [0, 0.1) is 17.8 Å². The molecule has 0 radical (unpaired) electrons. The van der Waals surface area contributed by atoms with Crippen molar-refractivity contribution in [3.8, 4) is 0 Å². The van der Waals surface area contributed by atoms with Gasteiger partial charge in [-0.2, -0.15) is 0 Å². The molecular formula is C23H28N2O2. The molecule has 0 bridgehead atoms. The number of rotatable bonds is 5. The fourth-order valence-electron chi connectivity index (χ4n) is 4.87. The summed E-state index contributed by atoms with van der Waals surface area (Å²) in [4.78, 5) is 15.1. The molecular weight excluding hydrogens is 336 g/mol. The zero-order chi connectivity index (χ0) is 18.5. The van der Waals surface area contributed by atoms with Crippen LogP contribution < -0.4 is 5.73 Å². The van der Waals surface area contributed by atoms with Crippen LogP contribution in [0.2, 0.25) is 0 Å². The molecule has 1 saturated heterocycles. The molecule has 2 N–H and O–H groups in total. The van der Waals surface area contributed by atoms with Crippen molar-refractivity contribution in [1.82, 2.24) is 4.90 Å². The van der Waals surface area contributed by atoms with Crippen molar-refractivity contribution in [2.75, 3.05) is 19.6 Å². The highest BCUT2D eigenvalue weighted by Crippen LogP contribution is 2.53. The Morgan fingerprint density at radius 2 is 1.74 bits per heavy atom. The molecule has 142 valence electrons. The lowest BCUT2D eigenvalue weighted by molar-refractivity contribution is -0.131. The molecule has 27 heavy (non-hydrogen) atoms.